The summed E-state index contributed by atoms with van der Waals surface area (Å²) in [6.07, 6.45) is 4.26. The van der Waals surface area contributed by atoms with E-state index in [1.54, 1.807) is 0 Å². The van der Waals surface area contributed by atoms with E-state index in [1.807, 2.05) is 0 Å². The molecule has 3 atom stereocenters. The Labute approximate surface area is 97.2 Å². The van der Waals surface area contributed by atoms with Crippen LogP contribution in [0.2, 0.25) is 0 Å². The van der Waals surface area contributed by atoms with Gasteiger partial charge in [0.2, 0.25) is 0 Å². The first-order chi connectivity index (χ1) is 7.83. The van der Waals surface area contributed by atoms with E-state index in [2.05, 4.69) is 36.6 Å². The van der Waals surface area contributed by atoms with Crippen LogP contribution < -0.4 is 11.3 Å². The van der Waals surface area contributed by atoms with Crippen LogP contribution in [0.5, 0.6) is 0 Å². The summed E-state index contributed by atoms with van der Waals surface area (Å²) >= 11 is 0. The lowest BCUT2D eigenvalue weighted by molar-refractivity contribution is 0.424. The number of hydrogen-bond acceptors (Lipinski definition) is 2. The molecule has 0 radical (unpaired) electrons. The first-order valence-corrected chi connectivity index (χ1v) is 6.34. The topological polar surface area (TPSA) is 38.0 Å². The van der Waals surface area contributed by atoms with Crippen molar-refractivity contribution in [1.29, 1.82) is 0 Å². The maximum atomic E-state index is 5.77. The molecule has 0 bridgehead atoms. The molecule has 3 rings (SSSR count). The van der Waals surface area contributed by atoms with E-state index in [0.717, 1.165) is 17.8 Å². The summed E-state index contributed by atoms with van der Waals surface area (Å²) in [6.45, 7) is 2.18. The molecule has 2 nitrogen and oxygen atoms in total. The van der Waals surface area contributed by atoms with Crippen LogP contribution in [0.15, 0.2) is 24.3 Å². The van der Waals surface area contributed by atoms with Gasteiger partial charge in [-0.2, -0.15) is 0 Å². The maximum absolute atomic E-state index is 5.77. The van der Waals surface area contributed by atoms with Crippen molar-refractivity contribution in [2.45, 2.75) is 32.2 Å². The maximum Gasteiger partial charge on any atom is 0.0496 e. The van der Waals surface area contributed by atoms with Crippen LogP contribution in [0, 0.1) is 24.7 Å². The van der Waals surface area contributed by atoms with Gasteiger partial charge >= 0.3 is 0 Å². The standard InChI is InChI=1S/C14H20N2/c1-9-5-2-3-6-10(9)14(16-15)13-11-7-4-8-12(11)13/h2-3,5-6,11-14,16H,4,7-8,15H2,1H3. The Morgan fingerprint density at radius 2 is 1.94 bits per heavy atom. The second-order valence-corrected chi connectivity index (χ2v) is 5.34. The van der Waals surface area contributed by atoms with Crippen molar-refractivity contribution in [2.75, 3.05) is 0 Å². The van der Waals surface area contributed by atoms with E-state index >= 15 is 0 Å². The SMILES string of the molecule is Cc1ccccc1C(NN)C1C2CCCC21. The number of rotatable bonds is 3. The molecule has 2 saturated carbocycles. The van der Waals surface area contributed by atoms with Crippen LogP contribution in [-0.4, -0.2) is 0 Å². The monoisotopic (exact) mass is 216 g/mol. The van der Waals surface area contributed by atoms with Gasteiger partial charge in [0.1, 0.15) is 0 Å². The largest absolute Gasteiger partial charge is 0.271 e. The number of nitrogens with one attached hydrogen (secondary N) is 1. The van der Waals surface area contributed by atoms with Gasteiger partial charge in [-0.15, -0.1) is 0 Å². The Bertz CT molecular complexity index is 378. The highest BCUT2D eigenvalue weighted by atomic mass is 15.2. The lowest BCUT2D eigenvalue weighted by Gasteiger charge is -2.20. The van der Waals surface area contributed by atoms with Crippen molar-refractivity contribution >= 4 is 0 Å². The Hall–Kier alpha value is -0.860. The predicted molar refractivity (Wildman–Crippen MR) is 65.6 cm³/mol. The summed E-state index contributed by atoms with van der Waals surface area (Å²) in [5.74, 6) is 8.45. The van der Waals surface area contributed by atoms with Gasteiger partial charge in [-0.05, 0) is 48.6 Å². The lowest BCUT2D eigenvalue weighted by atomic mass is 9.94. The molecule has 2 fully saturated rings. The Morgan fingerprint density at radius 1 is 1.25 bits per heavy atom. The first-order valence-electron chi connectivity index (χ1n) is 6.34. The molecular formula is C14H20N2. The number of hydrazine groups is 1. The number of fused-ring (bicyclic) bond motifs is 1. The highest BCUT2D eigenvalue weighted by Gasteiger charge is 2.56. The second kappa shape index (κ2) is 3.86. The summed E-state index contributed by atoms with van der Waals surface area (Å²) in [5.41, 5.74) is 5.80. The molecule has 0 aromatic heterocycles. The Balaban J connectivity index is 1.84. The number of hydrogen-bond donors (Lipinski definition) is 2. The van der Waals surface area contributed by atoms with Crippen LogP contribution in [0.3, 0.4) is 0 Å². The molecule has 1 aromatic carbocycles. The molecular weight excluding hydrogens is 196 g/mol. The van der Waals surface area contributed by atoms with Gasteiger partial charge in [0.25, 0.3) is 0 Å². The fourth-order valence-corrected chi connectivity index (χ4v) is 3.72. The minimum atomic E-state index is 0.372. The average molecular weight is 216 g/mol. The summed E-state index contributed by atoms with van der Waals surface area (Å²) in [7, 11) is 0. The summed E-state index contributed by atoms with van der Waals surface area (Å²) < 4.78 is 0. The zero-order chi connectivity index (χ0) is 11.1. The molecule has 2 aliphatic carbocycles. The average Bonchev–Trinajstić information content (AvgIpc) is 2.76. The Morgan fingerprint density at radius 3 is 2.56 bits per heavy atom. The number of benzene rings is 1. The number of nitrogens with two attached hydrogens (primary N) is 1. The zero-order valence-electron chi connectivity index (χ0n) is 9.82. The van der Waals surface area contributed by atoms with Gasteiger partial charge in [-0.1, -0.05) is 30.7 Å². The molecule has 2 aliphatic rings. The minimum Gasteiger partial charge on any atom is -0.271 e. The van der Waals surface area contributed by atoms with Crippen molar-refractivity contribution in [3.63, 3.8) is 0 Å². The van der Waals surface area contributed by atoms with E-state index in [1.165, 1.54) is 30.4 Å². The summed E-state index contributed by atoms with van der Waals surface area (Å²) in [5, 5.41) is 0. The quantitative estimate of drug-likeness (QED) is 0.602. The molecule has 0 heterocycles. The van der Waals surface area contributed by atoms with Gasteiger partial charge < -0.3 is 0 Å². The van der Waals surface area contributed by atoms with Crippen LogP contribution in [0.4, 0.5) is 0 Å². The van der Waals surface area contributed by atoms with Crippen molar-refractivity contribution in [1.82, 2.24) is 5.43 Å². The predicted octanol–water partition coefficient (Wildman–Crippen LogP) is 2.55. The molecule has 0 spiro atoms. The third kappa shape index (κ3) is 1.48. The highest BCUT2D eigenvalue weighted by molar-refractivity contribution is 5.31. The van der Waals surface area contributed by atoms with E-state index in [9.17, 15) is 0 Å². The van der Waals surface area contributed by atoms with Crippen molar-refractivity contribution in [3.8, 4) is 0 Å². The third-order valence-electron chi connectivity index (χ3n) is 4.56. The van der Waals surface area contributed by atoms with E-state index < -0.39 is 0 Å². The van der Waals surface area contributed by atoms with Crippen molar-refractivity contribution < 1.29 is 0 Å². The van der Waals surface area contributed by atoms with Gasteiger partial charge in [0, 0.05) is 6.04 Å². The molecule has 86 valence electrons. The zero-order valence-corrected chi connectivity index (χ0v) is 9.82. The van der Waals surface area contributed by atoms with Crippen LogP contribution in [0.25, 0.3) is 0 Å². The molecule has 0 amide bonds. The van der Waals surface area contributed by atoms with Gasteiger partial charge in [-0.3, -0.25) is 11.3 Å². The van der Waals surface area contributed by atoms with E-state index in [-0.39, 0.29) is 0 Å². The van der Waals surface area contributed by atoms with Crippen LogP contribution in [-0.2, 0) is 0 Å². The fourth-order valence-electron chi connectivity index (χ4n) is 3.72. The van der Waals surface area contributed by atoms with Crippen LogP contribution >= 0.6 is 0 Å². The third-order valence-corrected chi connectivity index (χ3v) is 4.56. The highest BCUT2D eigenvalue weighted by Crippen LogP contribution is 2.62. The fraction of sp³-hybridized carbons (Fsp3) is 0.571. The van der Waals surface area contributed by atoms with E-state index in [4.69, 9.17) is 5.84 Å². The normalized spacial score (nSPS) is 33.5. The molecule has 1 aromatic rings. The van der Waals surface area contributed by atoms with Crippen LogP contribution in [0.1, 0.15) is 36.4 Å². The molecule has 0 saturated heterocycles. The van der Waals surface area contributed by atoms with Crippen molar-refractivity contribution in [2.24, 2.45) is 23.6 Å². The summed E-state index contributed by atoms with van der Waals surface area (Å²) in [4.78, 5) is 0. The van der Waals surface area contributed by atoms with E-state index in [0.29, 0.717) is 6.04 Å². The first kappa shape index (κ1) is 10.3. The van der Waals surface area contributed by atoms with Gasteiger partial charge in [0.05, 0.1) is 0 Å². The summed E-state index contributed by atoms with van der Waals surface area (Å²) in [6, 6.07) is 8.98. The van der Waals surface area contributed by atoms with Crippen molar-refractivity contribution in [3.05, 3.63) is 35.4 Å². The second-order valence-electron chi connectivity index (χ2n) is 5.34. The van der Waals surface area contributed by atoms with Gasteiger partial charge in [-0.25, -0.2) is 0 Å². The molecule has 3 N–H and O–H groups in total. The smallest absolute Gasteiger partial charge is 0.0496 e. The minimum absolute atomic E-state index is 0.372. The van der Waals surface area contributed by atoms with Gasteiger partial charge in [0.15, 0.2) is 0 Å². The molecule has 2 heteroatoms. The Kier molecular flexibility index (Phi) is 2.49. The lowest BCUT2D eigenvalue weighted by Crippen LogP contribution is -2.31. The molecule has 0 aliphatic heterocycles. The number of aryl methyl sites for hydroxylation is 1. The molecule has 3 unspecified atom stereocenters. The molecule has 16 heavy (non-hydrogen) atoms.